The number of benzene rings is 1. The van der Waals surface area contributed by atoms with Crippen LogP contribution in [0.15, 0.2) is 30.3 Å². The maximum atomic E-state index is 9.58. The molecule has 1 heterocycles. The van der Waals surface area contributed by atoms with Gasteiger partial charge in [0.25, 0.3) is 0 Å². The largest absolute Gasteiger partial charge is 0.399 e. The molecule has 0 amide bonds. The molecule has 1 aromatic carbocycles. The van der Waals surface area contributed by atoms with Crippen molar-refractivity contribution in [3.8, 4) is 0 Å². The second-order valence-electron chi connectivity index (χ2n) is 4.92. The Morgan fingerprint density at radius 3 is 2.58 bits per heavy atom. The number of aliphatic hydroxyl groups is 1. The first-order valence-corrected chi connectivity index (χ1v) is 6.68. The third-order valence-corrected chi connectivity index (χ3v) is 3.76. The van der Waals surface area contributed by atoms with Crippen molar-refractivity contribution in [3.63, 3.8) is 0 Å². The third kappa shape index (κ3) is 2.79. The summed E-state index contributed by atoms with van der Waals surface area (Å²) in [5.74, 6) is 0.787. The van der Waals surface area contributed by atoms with Crippen LogP contribution in [0.25, 0.3) is 10.9 Å². The maximum Gasteiger partial charge on any atom is 0.127 e. The van der Waals surface area contributed by atoms with Crippen LogP contribution in [0, 0.1) is 0 Å². The number of rotatable bonds is 5. The fraction of sp³-hybridized carbons (Fsp3) is 0.400. The van der Waals surface area contributed by atoms with Gasteiger partial charge < -0.3 is 16.2 Å². The molecule has 0 saturated heterocycles. The van der Waals surface area contributed by atoms with Crippen LogP contribution < -0.4 is 11.1 Å². The Morgan fingerprint density at radius 2 is 1.95 bits per heavy atom. The summed E-state index contributed by atoms with van der Waals surface area (Å²) in [6.07, 6.45) is 1.70. The van der Waals surface area contributed by atoms with E-state index in [4.69, 9.17) is 5.73 Å². The molecular formula is C15H21N3O. The normalized spacial score (nSPS) is 11.7. The SMILES string of the molecule is CCC(CC)(CO)Nc1ccc2cc(N)ccc2n1. The quantitative estimate of drug-likeness (QED) is 0.722. The number of aliphatic hydroxyl groups excluding tert-OH is 1. The zero-order valence-electron chi connectivity index (χ0n) is 11.5. The number of hydrogen-bond donors (Lipinski definition) is 3. The van der Waals surface area contributed by atoms with Crippen molar-refractivity contribution in [2.45, 2.75) is 32.2 Å². The number of nitrogens with zero attached hydrogens (tertiary/aromatic N) is 1. The molecule has 2 rings (SSSR count). The standard InChI is InChI=1S/C15H21N3O/c1-3-15(4-2,10-19)18-14-8-5-11-9-12(16)6-7-13(11)17-14/h5-9,19H,3-4,10,16H2,1-2H3,(H,17,18). The van der Waals surface area contributed by atoms with Crippen LogP contribution in [0.3, 0.4) is 0 Å². The van der Waals surface area contributed by atoms with E-state index in [-0.39, 0.29) is 12.1 Å². The van der Waals surface area contributed by atoms with Gasteiger partial charge in [-0.15, -0.1) is 0 Å². The summed E-state index contributed by atoms with van der Waals surface area (Å²) in [6, 6.07) is 9.59. The Kier molecular flexibility index (Phi) is 3.90. The van der Waals surface area contributed by atoms with Gasteiger partial charge in [0.15, 0.2) is 0 Å². The number of nitrogens with one attached hydrogen (secondary N) is 1. The molecular weight excluding hydrogens is 238 g/mol. The lowest BCUT2D eigenvalue weighted by Crippen LogP contribution is -2.41. The van der Waals surface area contributed by atoms with Gasteiger partial charge in [0, 0.05) is 11.1 Å². The van der Waals surface area contributed by atoms with E-state index in [1.807, 2.05) is 30.3 Å². The van der Waals surface area contributed by atoms with E-state index in [1.54, 1.807) is 0 Å². The number of nitrogens with two attached hydrogens (primary N) is 1. The van der Waals surface area contributed by atoms with Gasteiger partial charge in [0.05, 0.1) is 17.7 Å². The van der Waals surface area contributed by atoms with Gasteiger partial charge in [0.1, 0.15) is 5.82 Å². The number of hydrogen-bond acceptors (Lipinski definition) is 4. The van der Waals surface area contributed by atoms with E-state index in [9.17, 15) is 5.11 Å². The molecule has 4 N–H and O–H groups in total. The Bertz CT molecular complexity index is 556. The van der Waals surface area contributed by atoms with Gasteiger partial charge in [-0.05, 0) is 43.2 Å². The predicted molar refractivity (Wildman–Crippen MR) is 80.2 cm³/mol. The van der Waals surface area contributed by atoms with E-state index in [0.29, 0.717) is 0 Å². The maximum absolute atomic E-state index is 9.58. The van der Waals surface area contributed by atoms with Crippen molar-refractivity contribution in [1.82, 2.24) is 4.98 Å². The molecule has 0 bridgehead atoms. The van der Waals surface area contributed by atoms with Crippen LogP contribution >= 0.6 is 0 Å². The van der Waals surface area contributed by atoms with Gasteiger partial charge in [0.2, 0.25) is 0 Å². The Labute approximate surface area is 113 Å². The number of aromatic nitrogens is 1. The van der Waals surface area contributed by atoms with Crippen LogP contribution in [-0.2, 0) is 0 Å². The fourth-order valence-corrected chi connectivity index (χ4v) is 2.18. The number of nitrogen functional groups attached to an aromatic ring is 1. The van der Waals surface area contributed by atoms with E-state index in [1.165, 1.54) is 0 Å². The minimum Gasteiger partial charge on any atom is -0.399 e. The van der Waals surface area contributed by atoms with Crippen LogP contribution in [0.2, 0.25) is 0 Å². The molecule has 2 aromatic rings. The zero-order chi connectivity index (χ0) is 13.9. The first-order chi connectivity index (χ1) is 9.12. The van der Waals surface area contributed by atoms with Gasteiger partial charge >= 0.3 is 0 Å². The van der Waals surface area contributed by atoms with E-state index < -0.39 is 0 Å². The number of anilines is 2. The molecule has 1 aromatic heterocycles. The Morgan fingerprint density at radius 1 is 1.21 bits per heavy atom. The fourth-order valence-electron chi connectivity index (χ4n) is 2.18. The molecule has 0 spiro atoms. The first-order valence-electron chi connectivity index (χ1n) is 6.68. The highest BCUT2D eigenvalue weighted by molar-refractivity contribution is 5.83. The van der Waals surface area contributed by atoms with Crippen LogP contribution in [0.4, 0.5) is 11.5 Å². The lowest BCUT2D eigenvalue weighted by atomic mass is 9.94. The van der Waals surface area contributed by atoms with Crippen LogP contribution in [-0.4, -0.2) is 22.2 Å². The summed E-state index contributed by atoms with van der Waals surface area (Å²) < 4.78 is 0. The molecule has 0 aliphatic carbocycles. The highest BCUT2D eigenvalue weighted by Gasteiger charge is 2.25. The molecule has 0 fully saturated rings. The number of pyridine rings is 1. The molecule has 0 saturated carbocycles. The molecule has 4 heteroatoms. The molecule has 0 radical (unpaired) electrons. The average Bonchev–Trinajstić information content (AvgIpc) is 2.45. The molecule has 102 valence electrons. The second-order valence-corrected chi connectivity index (χ2v) is 4.92. The summed E-state index contributed by atoms with van der Waals surface area (Å²) in [5.41, 5.74) is 7.09. The smallest absolute Gasteiger partial charge is 0.127 e. The lowest BCUT2D eigenvalue weighted by molar-refractivity contribution is 0.202. The van der Waals surface area contributed by atoms with Gasteiger partial charge in [-0.2, -0.15) is 0 Å². The zero-order valence-corrected chi connectivity index (χ0v) is 11.5. The third-order valence-electron chi connectivity index (χ3n) is 3.76. The van der Waals surface area contributed by atoms with Crippen molar-refractivity contribution < 1.29 is 5.11 Å². The van der Waals surface area contributed by atoms with E-state index in [0.717, 1.165) is 35.2 Å². The van der Waals surface area contributed by atoms with Gasteiger partial charge in [-0.25, -0.2) is 4.98 Å². The average molecular weight is 259 g/mol. The van der Waals surface area contributed by atoms with Crippen molar-refractivity contribution in [2.24, 2.45) is 0 Å². The minimum absolute atomic E-state index is 0.0987. The van der Waals surface area contributed by atoms with Gasteiger partial charge in [-0.1, -0.05) is 13.8 Å². The summed E-state index contributed by atoms with van der Waals surface area (Å²) in [4.78, 5) is 4.57. The minimum atomic E-state index is -0.297. The van der Waals surface area contributed by atoms with E-state index >= 15 is 0 Å². The second kappa shape index (κ2) is 5.45. The molecule has 0 aliphatic rings. The van der Waals surface area contributed by atoms with Crippen molar-refractivity contribution in [1.29, 1.82) is 0 Å². The molecule has 0 aliphatic heterocycles. The molecule has 4 nitrogen and oxygen atoms in total. The predicted octanol–water partition coefficient (Wildman–Crippen LogP) is 2.78. The van der Waals surface area contributed by atoms with Crippen molar-refractivity contribution in [2.75, 3.05) is 17.7 Å². The van der Waals surface area contributed by atoms with Crippen molar-refractivity contribution in [3.05, 3.63) is 30.3 Å². The Balaban J connectivity index is 2.33. The van der Waals surface area contributed by atoms with Crippen LogP contribution in [0.5, 0.6) is 0 Å². The lowest BCUT2D eigenvalue weighted by Gasteiger charge is -2.31. The van der Waals surface area contributed by atoms with Crippen molar-refractivity contribution >= 4 is 22.4 Å². The number of fused-ring (bicyclic) bond motifs is 1. The summed E-state index contributed by atoms with van der Waals surface area (Å²) in [5, 5.41) is 14.0. The highest BCUT2D eigenvalue weighted by atomic mass is 16.3. The molecule has 0 unspecified atom stereocenters. The monoisotopic (exact) mass is 259 g/mol. The summed E-state index contributed by atoms with van der Waals surface area (Å²) >= 11 is 0. The highest BCUT2D eigenvalue weighted by Crippen LogP contribution is 2.23. The topological polar surface area (TPSA) is 71.2 Å². The summed E-state index contributed by atoms with van der Waals surface area (Å²) in [6.45, 7) is 4.23. The Hall–Kier alpha value is -1.81. The van der Waals surface area contributed by atoms with Gasteiger partial charge in [-0.3, -0.25) is 0 Å². The molecule has 19 heavy (non-hydrogen) atoms. The van der Waals surface area contributed by atoms with E-state index in [2.05, 4.69) is 24.1 Å². The first kappa shape index (κ1) is 13.6. The summed E-state index contributed by atoms with van der Waals surface area (Å²) in [7, 11) is 0. The van der Waals surface area contributed by atoms with Crippen LogP contribution in [0.1, 0.15) is 26.7 Å². The molecule has 0 atom stereocenters.